The van der Waals surface area contributed by atoms with Crippen molar-refractivity contribution in [1.29, 1.82) is 0 Å². The molecule has 0 unspecified atom stereocenters. The maximum Gasteiger partial charge on any atom is 0.245 e. The van der Waals surface area contributed by atoms with Gasteiger partial charge in [-0.1, -0.05) is 0 Å². The smallest absolute Gasteiger partial charge is 0.245 e. The van der Waals surface area contributed by atoms with Crippen molar-refractivity contribution in [3.63, 3.8) is 0 Å². The standard InChI is InChI=1S/C8H13N3OS/c1-2-4-11(3-1)5-6-12-8-7-9-13-10-8/h7H,1-6H2. The Morgan fingerprint density at radius 1 is 1.46 bits per heavy atom. The van der Waals surface area contributed by atoms with Gasteiger partial charge in [-0.15, -0.1) is 4.37 Å². The molecule has 0 saturated carbocycles. The fourth-order valence-corrected chi connectivity index (χ4v) is 1.87. The summed E-state index contributed by atoms with van der Waals surface area (Å²) in [5, 5.41) is 0. The fraction of sp³-hybridized carbons (Fsp3) is 0.750. The Bertz CT molecular complexity index is 234. The van der Waals surface area contributed by atoms with Gasteiger partial charge in [0.15, 0.2) is 0 Å². The number of nitrogens with zero attached hydrogens (tertiary/aromatic N) is 3. The van der Waals surface area contributed by atoms with Crippen LogP contribution in [0.2, 0.25) is 0 Å². The van der Waals surface area contributed by atoms with E-state index in [1.807, 2.05) is 0 Å². The van der Waals surface area contributed by atoms with Gasteiger partial charge in [0.1, 0.15) is 12.8 Å². The first kappa shape index (κ1) is 8.90. The lowest BCUT2D eigenvalue weighted by molar-refractivity contribution is 0.233. The molecule has 0 bridgehead atoms. The number of aromatic nitrogens is 2. The summed E-state index contributed by atoms with van der Waals surface area (Å²) < 4.78 is 13.2. The second-order valence-corrected chi connectivity index (χ2v) is 3.70. The van der Waals surface area contributed by atoms with Crippen molar-refractivity contribution >= 4 is 11.7 Å². The van der Waals surface area contributed by atoms with Gasteiger partial charge in [-0.05, 0) is 25.9 Å². The Morgan fingerprint density at radius 2 is 2.31 bits per heavy atom. The summed E-state index contributed by atoms with van der Waals surface area (Å²) in [4.78, 5) is 2.42. The highest BCUT2D eigenvalue weighted by atomic mass is 32.1. The average molecular weight is 199 g/mol. The first-order chi connectivity index (χ1) is 6.45. The Morgan fingerprint density at radius 3 is 3.00 bits per heavy atom. The minimum absolute atomic E-state index is 0.657. The highest BCUT2D eigenvalue weighted by molar-refractivity contribution is 6.99. The van der Waals surface area contributed by atoms with E-state index in [4.69, 9.17) is 4.74 Å². The molecule has 5 heteroatoms. The Kier molecular flexibility index (Phi) is 3.10. The third-order valence-corrected chi connectivity index (χ3v) is 2.66. The molecule has 1 aliphatic rings. The van der Waals surface area contributed by atoms with E-state index in [0.717, 1.165) is 13.2 Å². The SMILES string of the molecule is c1nsnc1OCCN1CCCC1. The molecule has 1 aliphatic heterocycles. The van der Waals surface area contributed by atoms with Crippen LogP contribution in [-0.2, 0) is 0 Å². The predicted octanol–water partition coefficient (Wildman–Crippen LogP) is 1.01. The fourth-order valence-electron chi connectivity index (χ4n) is 1.51. The number of ether oxygens (including phenoxy) is 1. The quantitative estimate of drug-likeness (QED) is 0.725. The Hall–Kier alpha value is -0.680. The molecule has 0 atom stereocenters. The van der Waals surface area contributed by atoms with Crippen LogP contribution >= 0.6 is 11.7 Å². The Labute approximate surface area is 81.9 Å². The maximum absolute atomic E-state index is 5.40. The van der Waals surface area contributed by atoms with Crippen molar-refractivity contribution in [1.82, 2.24) is 13.6 Å². The Balaban J connectivity index is 1.63. The third-order valence-electron chi connectivity index (χ3n) is 2.20. The summed E-state index contributed by atoms with van der Waals surface area (Å²) in [6, 6.07) is 0. The normalized spacial score (nSPS) is 17.8. The van der Waals surface area contributed by atoms with Crippen LogP contribution in [0.15, 0.2) is 6.20 Å². The van der Waals surface area contributed by atoms with E-state index in [1.54, 1.807) is 6.20 Å². The van der Waals surface area contributed by atoms with Crippen LogP contribution < -0.4 is 4.74 Å². The maximum atomic E-state index is 5.40. The molecule has 1 aromatic heterocycles. The van der Waals surface area contributed by atoms with Crippen molar-refractivity contribution < 1.29 is 4.74 Å². The highest BCUT2D eigenvalue weighted by Crippen LogP contribution is 2.08. The van der Waals surface area contributed by atoms with Crippen LogP contribution in [0.4, 0.5) is 0 Å². The van der Waals surface area contributed by atoms with Gasteiger partial charge < -0.3 is 4.74 Å². The monoisotopic (exact) mass is 199 g/mol. The second-order valence-electron chi connectivity index (χ2n) is 3.14. The van der Waals surface area contributed by atoms with Gasteiger partial charge >= 0.3 is 0 Å². The van der Waals surface area contributed by atoms with Gasteiger partial charge in [0, 0.05) is 6.54 Å². The van der Waals surface area contributed by atoms with E-state index in [0.29, 0.717) is 5.88 Å². The lowest BCUT2D eigenvalue weighted by atomic mass is 10.4. The molecule has 13 heavy (non-hydrogen) atoms. The molecule has 0 amide bonds. The molecule has 1 aromatic rings. The van der Waals surface area contributed by atoms with Crippen molar-refractivity contribution in [2.45, 2.75) is 12.8 Å². The molecule has 0 aromatic carbocycles. The van der Waals surface area contributed by atoms with Crippen molar-refractivity contribution in [2.24, 2.45) is 0 Å². The first-order valence-electron chi connectivity index (χ1n) is 4.58. The highest BCUT2D eigenvalue weighted by Gasteiger charge is 2.10. The molecule has 0 N–H and O–H groups in total. The zero-order valence-electron chi connectivity index (χ0n) is 7.48. The van der Waals surface area contributed by atoms with E-state index >= 15 is 0 Å². The topological polar surface area (TPSA) is 38.3 Å². The molecule has 2 rings (SSSR count). The molecule has 0 spiro atoms. The van der Waals surface area contributed by atoms with Gasteiger partial charge in [-0.25, -0.2) is 0 Å². The number of rotatable bonds is 4. The van der Waals surface area contributed by atoms with Crippen LogP contribution in [0.3, 0.4) is 0 Å². The van der Waals surface area contributed by atoms with E-state index in [-0.39, 0.29) is 0 Å². The van der Waals surface area contributed by atoms with E-state index in [2.05, 4.69) is 13.6 Å². The summed E-state index contributed by atoms with van der Waals surface area (Å²) in [5.74, 6) is 0.657. The zero-order valence-corrected chi connectivity index (χ0v) is 8.29. The average Bonchev–Trinajstić information content (AvgIpc) is 2.75. The van der Waals surface area contributed by atoms with E-state index in [1.165, 1.54) is 37.7 Å². The summed E-state index contributed by atoms with van der Waals surface area (Å²) in [6.45, 7) is 4.18. The van der Waals surface area contributed by atoms with Gasteiger partial charge in [-0.2, -0.15) is 4.37 Å². The first-order valence-corrected chi connectivity index (χ1v) is 5.31. The molecule has 72 valence electrons. The van der Waals surface area contributed by atoms with Crippen LogP contribution in [0.5, 0.6) is 5.88 Å². The molecule has 1 saturated heterocycles. The molecule has 4 nitrogen and oxygen atoms in total. The number of hydrogen-bond acceptors (Lipinski definition) is 5. The second kappa shape index (κ2) is 4.53. The molecule has 2 heterocycles. The zero-order chi connectivity index (χ0) is 8.93. The summed E-state index contributed by atoms with van der Waals surface area (Å²) in [7, 11) is 0. The molecular weight excluding hydrogens is 186 g/mol. The lowest BCUT2D eigenvalue weighted by Crippen LogP contribution is -2.25. The minimum Gasteiger partial charge on any atom is -0.475 e. The van der Waals surface area contributed by atoms with Crippen LogP contribution in [0.25, 0.3) is 0 Å². The number of likely N-dealkylation sites (tertiary alicyclic amines) is 1. The predicted molar refractivity (Wildman–Crippen MR) is 51.1 cm³/mol. The van der Waals surface area contributed by atoms with Crippen LogP contribution in [0.1, 0.15) is 12.8 Å². The van der Waals surface area contributed by atoms with Crippen LogP contribution in [-0.4, -0.2) is 39.9 Å². The lowest BCUT2D eigenvalue weighted by Gasteiger charge is -2.13. The van der Waals surface area contributed by atoms with Crippen molar-refractivity contribution in [3.05, 3.63) is 6.20 Å². The van der Waals surface area contributed by atoms with E-state index in [9.17, 15) is 0 Å². The van der Waals surface area contributed by atoms with Gasteiger partial charge in [0.2, 0.25) is 5.88 Å². The summed E-state index contributed by atoms with van der Waals surface area (Å²) >= 11 is 1.18. The molecule has 0 radical (unpaired) electrons. The van der Waals surface area contributed by atoms with Gasteiger partial charge in [-0.3, -0.25) is 4.90 Å². The van der Waals surface area contributed by atoms with Gasteiger partial charge in [0.25, 0.3) is 0 Å². The van der Waals surface area contributed by atoms with Crippen molar-refractivity contribution in [3.8, 4) is 5.88 Å². The van der Waals surface area contributed by atoms with Gasteiger partial charge in [0.05, 0.1) is 11.7 Å². The molecular formula is C8H13N3OS. The van der Waals surface area contributed by atoms with Crippen LogP contribution in [0, 0.1) is 0 Å². The summed E-state index contributed by atoms with van der Waals surface area (Å²) in [6.07, 6.45) is 4.32. The molecule has 1 fully saturated rings. The molecule has 0 aliphatic carbocycles. The van der Waals surface area contributed by atoms with E-state index < -0.39 is 0 Å². The third kappa shape index (κ3) is 2.63. The summed E-state index contributed by atoms with van der Waals surface area (Å²) in [5.41, 5.74) is 0. The minimum atomic E-state index is 0.657. The number of hydrogen-bond donors (Lipinski definition) is 0. The van der Waals surface area contributed by atoms with Crippen molar-refractivity contribution in [2.75, 3.05) is 26.2 Å². The largest absolute Gasteiger partial charge is 0.475 e.